The van der Waals surface area contributed by atoms with Gasteiger partial charge in [0.2, 0.25) is 0 Å². The Morgan fingerprint density at radius 2 is 1.96 bits per heavy atom. The zero-order valence-electron chi connectivity index (χ0n) is 14.0. The van der Waals surface area contributed by atoms with Crippen LogP contribution in [0.2, 0.25) is 0 Å². The maximum atomic E-state index is 13.5. The first-order valence-corrected chi connectivity index (χ1v) is 7.51. The summed E-state index contributed by atoms with van der Waals surface area (Å²) in [6, 6.07) is 4.82. The van der Waals surface area contributed by atoms with E-state index in [4.69, 9.17) is 4.74 Å². The number of imide groups is 1. The number of hydrogen-bond acceptors (Lipinski definition) is 5. The van der Waals surface area contributed by atoms with E-state index >= 15 is 0 Å². The molecule has 0 aromatic heterocycles. The quantitative estimate of drug-likeness (QED) is 0.609. The molecule has 1 aliphatic rings. The summed E-state index contributed by atoms with van der Waals surface area (Å²) in [5, 5.41) is 4.71. The number of anilines is 1. The largest absolute Gasteiger partial charge is 0.451 e. The van der Waals surface area contributed by atoms with E-state index in [1.807, 2.05) is 0 Å². The van der Waals surface area contributed by atoms with Crippen molar-refractivity contribution in [2.75, 3.05) is 11.9 Å². The average Bonchev–Trinajstić information content (AvgIpc) is 2.71. The monoisotopic (exact) mass is 351 g/mol. The molecule has 0 unspecified atom stereocenters. The van der Waals surface area contributed by atoms with Crippen molar-refractivity contribution in [3.05, 3.63) is 30.1 Å². The summed E-state index contributed by atoms with van der Waals surface area (Å²) >= 11 is 0. The summed E-state index contributed by atoms with van der Waals surface area (Å²) in [4.78, 5) is 48.2. The molecule has 134 valence electrons. The van der Waals surface area contributed by atoms with Crippen LogP contribution in [-0.2, 0) is 19.1 Å². The molecular formula is C16H18FN3O5. The molecule has 2 rings (SSSR count). The number of nitrogens with one attached hydrogen (secondary N) is 2. The zero-order valence-corrected chi connectivity index (χ0v) is 14.0. The lowest BCUT2D eigenvalue weighted by Crippen LogP contribution is -2.42. The van der Waals surface area contributed by atoms with Crippen LogP contribution in [0.5, 0.6) is 0 Å². The lowest BCUT2D eigenvalue weighted by Gasteiger charge is -2.17. The highest BCUT2D eigenvalue weighted by Crippen LogP contribution is 2.17. The van der Waals surface area contributed by atoms with Crippen LogP contribution in [0.4, 0.5) is 14.9 Å². The molecule has 1 aliphatic heterocycles. The molecule has 0 aliphatic carbocycles. The van der Waals surface area contributed by atoms with Crippen molar-refractivity contribution in [1.29, 1.82) is 0 Å². The molecule has 1 atom stereocenters. The molecule has 1 heterocycles. The molecule has 4 amide bonds. The van der Waals surface area contributed by atoms with Crippen LogP contribution >= 0.6 is 0 Å². The molecule has 25 heavy (non-hydrogen) atoms. The zero-order chi connectivity index (χ0) is 18.8. The summed E-state index contributed by atoms with van der Waals surface area (Å²) in [6.45, 7) is 3.68. The molecule has 8 nitrogen and oxygen atoms in total. The van der Waals surface area contributed by atoms with E-state index in [0.29, 0.717) is 4.90 Å². The lowest BCUT2D eigenvalue weighted by atomic mass is 10.1. The van der Waals surface area contributed by atoms with Crippen LogP contribution in [0.25, 0.3) is 0 Å². The normalized spacial score (nSPS) is 17.0. The van der Waals surface area contributed by atoms with Gasteiger partial charge in [0, 0.05) is 0 Å². The van der Waals surface area contributed by atoms with Crippen molar-refractivity contribution in [2.45, 2.75) is 32.4 Å². The second-order valence-corrected chi connectivity index (χ2v) is 6.05. The maximum absolute atomic E-state index is 13.5. The van der Waals surface area contributed by atoms with Gasteiger partial charge in [0.25, 0.3) is 11.8 Å². The van der Waals surface area contributed by atoms with Gasteiger partial charge in [-0.3, -0.25) is 19.3 Å². The molecule has 0 radical (unpaired) electrons. The summed E-state index contributed by atoms with van der Waals surface area (Å²) in [6.07, 6.45) is -1.24. The van der Waals surface area contributed by atoms with Gasteiger partial charge in [-0.05, 0) is 32.9 Å². The highest BCUT2D eigenvalue weighted by atomic mass is 19.1. The van der Waals surface area contributed by atoms with Gasteiger partial charge in [-0.15, -0.1) is 0 Å². The highest BCUT2D eigenvalue weighted by Gasteiger charge is 2.45. The molecule has 0 saturated carbocycles. The van der Waals surface area contributed by atoms with Gasteiger partial charge >= 0.3 is 12.0 Å². The number of ether oxygens (including phenoxy) is 1. The van der Waals surface area contributed by atoms with Gasteiger partial charge in [-0.25, -0.2) is 9.18 Å². The molecule has 1 aromatic carbocycles. The molecule has 0 spiro atoms. The standard InChI is InChI=1S/C16H18FN3O5/c1-9(13(22)18-11-7-5-4-6-10(11)17)25-12(21)8-20-14(23)16(2,3)19-15(20)24/h4-7,9H,8H2,1-3H3,(H,18,22)(H,19,24)/t9-/m0/s1. The van der Waals surface area contributed by atoms with Crippen molar-refractivity contribution in [3.8, 4) is 0 Å². The highest BCUT2D eigenvalue weighted by molar-refractivity contribution is 6.08. The molecule has 1 saturated heterocycles. The summed E-state index contributed by atoms with van der Waals surface area (Å²) in [5.41, 5.74) is -1.16. The summed E-state index contributed by atoms with van der Waals surface area (Å²) in [7, 11) is 0. The first-order valence-electron chi connectivity index (χ1n) is 7.51. The molecule has 1 fully saturated rings. The van der Waals surface area contributed by atoms with Crippen LogP contribution < -0.4 is 10.6 Å². The van der Waals surface area contributed by atoms with Gasteiger partial charge in [-0.2, -0.15) is 0 Å². The first kappa shape index (κ1) is 18.4. The Morgan fingerprint density at radius 1 is 1.32 bits per heavy atom. The number of para-hydroxylation sites is 1. The van der Waals surface area contributed by atoms with E-state index in [-0.39, 0.29) is 5.69 Å². The Morgan fingerprint density at radius 3 is 2.52 bits per heavy atom. The number of nitrogens with zero attached hydrogens (tertiary/aromatic N) is 1. The SMILES string of the molecule is C[C@H](OC(=O)CN1C(=O)NC(C)(C)C1=O)C(=O)Nc1ccccc1F. The number of rotatable bonds is 5. The van der Waals surface area contributed by atoms with E-state index in [0.717, 1.165) is 0 Å². The molecular weight excluding hydrogens is 333 g/mol. The number of benzene rings is 1. The minimum Gasteiger partial charge on any atom is -0.451 e. The molecule has 1 aromatic rings. The first-order chi connectivity index (χ1) is 11.6. The van der Waals surface area contributed by atoms with Crippen LogP contribution in [0.3, 0.4) is 0 Å². The Labute approximate surface area is 143 Å². The second-order valence-electron chi connectivity index (χ2n) is 6.05. The van der Waals surface area contributed by atoms with E-state index in [9.17, 15) is 23.6 Å². The van der Waals surface area contributed by atoms with Crippen molar-refractivity contribution in [3.63, 3.8) is 0 Å². The average molecular weight is 351 g/mol. The van der Waals surface area contributed by atoms with Gasteiger partial charge in [0.15, 0.2) is 6.10 Å². The van der Waals surface area contributed by atoms with Gasteiger partial charge in [-0.1, -0.05) is 12.1 Å². The number of halogens is 1. The van der Waals surface area contributed by atoms with Crippen molar-refractivity contribution in [1.82, 2.24) is 10.2 Å². The van der Waals surface area contributed by atoms with E-state index in [1.165, 1.54) is 45.0 Å². The van der Waals surface area contributed by atoms with Crippen LogP contribution in [0.15, 0.2) is 24.3 Å². The Balaban J connectivity index is 1.92. The molecule has 0 bridgehead atoms. The van der Waals surface area contributed by atoms with Crippen LogP contribution in [0.1, 0.15) is 20.8 Å². The second kappa shape index (κ2) is 6.88. The third-order valence-electron chi connectivity index (χ3n) is 3.54. The van der Waals surface area contributed by atoms with E-state index in [1.54, 1.807) is 0 Å². The van der Waals surface area contributed by atoms with Crippen molar-refractivity contribution >= 4 is 29.5 Å². The minimum atomic E-state index is -1.24. The van der Waals surface area contributed by atoms with Crippen LogP contribution in [0, 0.1) is 5.82 Å². The maximum Gasteiger partial charge on any atom is 0.327 e. The predicted molar refractivity (Wildman–Crippen MR) is 84.9 cm³/mol. The van der Waals surface area contributed by atoms with E-state index in [2.05, 4.69) is 10.6 Å². The fourth-order valence-electron chi connectivity index (χ4n) is 2.18. The third-order valence-corrected chi connectivity index (χ3v) is 3.54. The summed E-state index contributed by atoms with van der Waals surface area (Å²) < 4.78 is 18.4. The summed E-state index contributed by atoms with van der Waals surface area (Å²) in [5.74, 6) is -2.87. The topological polar surface area (TPSA) is 105 Å². The lowest BCUT2D eigenvalue weighted by molar-refractivity contribution is -0.155. The molecule has 9 heteroatoms. The van der Waals surface area contributed by atoms with Crippen molar-refractivity contribution < 1.29 is 28.3 Å². The Bertz CT molecular complexity index is 734. The number of urea groups is 1. The smallest absolute Gasteiger partial charge is 0.327 e. The number of carbonyl (C=O) groups excluding carboxylic acids is 4. The Kier molecular flexibility index (Phi) is 5.05. The number of esters is 1. The fraction of sp³-hybridized carbons (Fsp3) is 0.375. The molecule has 2 N–H and O–H groups in total. The minimum absolute atomic E-state index is 0.0498. The predicted octanol–water partition coefficient (Wildman–Crippen LogP) is 1.03. The van der Waals surface area contributed by atoms with E-state index < -0.39 is 47.8 Å². The number of amides is 4. The third kappa shape index (κ3) is 4.11. The van der Waals surface area contributed by atoms with Crippen molar-refractivity contribution in [2.24, 2.45) is 0 Å². The Hall–Kier alpha value is -2.97. The number of hydrogen-bond donors (Lipinski definition) is 2. The van der Waals surface area contributed by atoms with Gasteiger partial charge in [0.05, 0.1) is 5.69 Å². The van der Waals surface area contributed by atoms with Crippen LogP contribution in [-0.4, -0.2) is 46.9 Å². The number of carbonyl (C=O) groups is 4. The van der Waals surface area contributed by atoms with Gasteiger partial charge < -0.3 is 15.4 Å². The fourth-order valence-corrected chi connectivity index (χ4v) is 2.18. The van der Waals surface area contributed by atoms with Gasteiger partial charge in [0.1, 0.15) is 17.9 Å².